The van der Waals surface area contributed by atoms with Gasteiger partial charge in [0.25, 0.3) is 5.91 Å². The molecule has 0 aliphatic carbocycles. The van der Waals surface area contributed by atoms with E-state index < -0.39 is 0 Å². The molecule has 0 N–H and O–H groups in total. The number of hydrogen-bond donors (Lipinski definition) is 0. The summed E-state index contributed by atoms with van der Waals surface area (Å²) in [7, 11) is 0. The van der Waals surface area contributed by atoms with E-state index in [0.717, 1.165) is 57.0 Å². The number of thiophene rings is 1. The zero-order valence-electron chi connectivity index (χ0n) is 13.0. The molecular weight excluding hydrogens is 308 g/mol. The number of anilines is 1. The van der Waals surface area contributed by atoms with Crippen LogP contribution in [0.4, 0.5) is 5.95 Å². The second kappa shape index (κ2) is 5.92. The van der Waals surface area contributed by atoms with Crippen LogP contribution in [0.25, 0.3) is 0 Å². The summed E-state index contributed by atoms with van der Waals surface area (Å²) < 4.78 is 0. The fourth-order valence-electron chi connectivity index (χ4n) is 3.72. The number of aromatic nitrogens is 2. The van der Waals surface area contributed by atoms with E-state index in [1.165, 1.54) is 0 Å². The maximum Gasteiger partial charge on any atom is 0.254 e. The number of carbonyl (C=O) groups excluding carboxylic acids is 1. The molecule has 4 heterocycles. The second-order valence-electron chi connectivity index (χ2n) is 6.52. The zero-order valence-corrected chi connectivity index (χ0v) is 13.8. The number of piperidine rings is 1. The Balaban J connectivity index is 1.39. The molecule has 0 unspecified atom stereocenters. The van der Waals surface area contributed by atoms with E-state index in [-0.39, 0.29) is 11.3 Å². The third-order valence-corrected chi connectivity index (χ3v) is 5.84. The Labute approximate surface area is 140 Å². The van der Waals surface area contributed by atoms with Gasteiger partial charge in [0, 0.05) is 44.0 Å². The Morgan fingerprint density at radius 2 is 1.87 bits per heavy atom. The molecule has 0 bridgehead atoms. The number of hydrogen-bond acceptors (Lipinski definition) is 5. The lowest BCUT2D eigenvalue weighted by molar-refractivity contribution is 0.0765. The molecule has 5 nitrogen and oxygen atoms in total. The zero-order chi connectivity index (χ0) is 15.7. The van der Waals surface area contributed by atoms with E-state index in [2.05, 4.69) is 14.9 Å². The first kappa shape index (κ1) is 14.6. The van der Waals surface area contributed by atoms with Gasteiger partial charge in [-0.2, -0.15) is 11.3 Å². The minimum absolute atomic E-state index is 0.192. The Morgan fingerprint density at radius 1 is 1.13 bits per heavy atom. The molecule has 0 aromatic carbocycles. The third-order valence-electron chi connectivity index (χ3n) is 5.15. The van der Waals surface area contributed by atoms with Crippen LogP contribution in [0.2, 0.25) is 0 Å². The fourth-order valence-corrected chi connectivity index (χ4v) is 4.35. The van der Waals surface area contributed by atoms with Gasteiger partial charge in [-0.15, -0.1) is 0 Å². The molecule has 0 atom stereocenters. The lowest BCUT2D eigenvalue weighted by Crippen LogP contribution is -2.42. The average molecular weight is 328 g/mol. The second-order valence-corrected chi connectivity index (χ2v) is 7.30. The summed E-state index contributed by atoms with van der Waals surface area (Å²) in [5, 5.41) is 3.92. The van der Waals surface area contributed by atoms with E-state index in [4.69, 9.17) is 0 Å². The summed E-state index contributed by atoms with van der Waals surface area (Å²) >= 11 is 1.58. The maximum absolute atomic E-state index is 12.5. The fraction of sp³-hybridized carbons (Fsp3) is 0.471. The van der Waals surface area contributed by atoms with Crippen molar-refractivity contribution in [1.29, 1.82) is 0 Å². The average Bonchev–Trinajstić information content (AvgIpc) is 3.26. The van der Waals surface area contributed by atoms with Crippen LogP contribution >= 0.6 is 11.3 Å². The van der Waals surface area contributed by atoms with Crippen molar-refractivity contribution in [3.05, 3.63) is 40.8 Å². The van der Waals surface area contributed by atoms with Gasteiger partial charge in [-0.05, 0) is 42.2 Å². The smallest absolute Gasteiger partial charge is 0.254 e. The van der Waals surface area contributed by atoms with Gasteiger partial charge in [0.2, 0.25) is 5.95 Å². The van der Waals surface area contributed by atoms with Crippen LogP contribution in [-0.2, 0) is 0 Å². The monoisotopic (exact) mass is 328 g/mol. The molecular formula is C17H20N4OS. The van der Waals surface area contributed by atoms with Crippen LogP contribution in [0.1, 0.15) is 29.6 Å². The molecule has 0 radical (unpaired) electrons. The Morgan fingerprint density at radius 3 is 2.57 bits per heavy atom. The highest BCUT2D eigenvalue weighted by molar-refractivity contribution is 7.08. The summed E-state index contributed by atoms with van der Waals surface area (Å²) in [4.78, 5) is 25.5. The summed E-state index contributed by atoms with van der Waals surface area (Å²) in [5.41, 5.74) is 1.12. The van der Waals surface area contributed by atoms with Gasteiger partial charge in [0.15, 0.2) is 0 Å². The van der Waals surface area contributed by atoms with Crippen molar-refractivity contribution in [3.63, 3.8) is 0 Å². The third kappa shape index (κ3) is 2.83. The number of rotatable bonds is 2. The van der Waals surface area contributed by atoms with Crippen LogP contribution in [-0.4, -0.2) is 47.0 Å². The van der Waals surface area contributed by atoms with E-state index in [1.807, 2.05) is 27.8 Å². The highest BCUT2D eigenvalue weighted by atomic mass is 32.1. The Bertz CT molecular complexity index is 665. The van der Waals surface area contributed by atoms with Crippen molar-refractivity contribution < 1.29 is 4.79 Å². The van der Waals surface area contributed by atoms with Crippen LogP contribution < -0.4 is 4.90 Å². The van der Waals surface area contributed by atoms with Gasteiger partial charge in [-0.1, -0.05) is 0 Å². The van der Waals surface area contributed by atoms with Gasteiger partial charge in [0.05, 0.1) is 5.56 Å². The first-order chi connectivity index (χ1) is 11.3. The van der Waals surface area contributed by atoms with Gasteiger partial charge in [-0.3, -0.25) is 4.79 Å². The predicted octanol–water partition coefficient (Wildman–Crippen LogP) is 2.67. The first-order valence-corrected chi connectivity index (χ1v) is 9.04. The largest absolute Gasteiger partial charge is 0.341 e. The SMILES string of the molecule is O=C(c1ccsc1)N1CCC2(CCN(c3ncccn3)CC2)C1. The molecule has 120 valence electrons. The molecule has 2 aromatic heterocycles. The molecule has 2 saturated heterocycles. The lowest BCUT2D eigenvalue weighted by atomic mass is 9.78. The molecule has 4 rings (SSSR count). The molecule has 6 heteroatoms. The summed E-state index contributed by atoms with van der Waals surface area (Å²) in [5.74, 6) is 1.02. The number of amides is 1. The van der Waals surface area contributed by atoms with Crippen molar-refractivity contribution in [2.24, 2.45) is 5.41 Å². The Hall–Kier alpha value is -1.95. The van der Waals surface area contributed by atoms with Gasteiger partial charge in [-0.25, -0.2) is 9.97 Å². The normalized spacial score (nSPS) is 20.2. The van der Waals surface area contributed by atoms with Crippen molar-refractivity contribution in [2.45, 2.75) is 19.3 Å². The topological polar surface area (TPSA) is 49.3 Å². The molecule has 2 aliphatic heterocycles. The molecule has 23 heavy (non-hydrogen) atoms. The Kier molecular flexibility index (Phi) is 3.77. The standard InChI is InChI=1S/C17H20N4OS/c22-15(14-2-11-23-12-14)21-10-5-17(13-21)3-8-20(9-4-17)16-18-6-1-7-19-16/h1-2,6-7,11-12H,3-5,8-10,13H2. The highest BCUT2D eigenvalue weighted by Crippen LogP contribution is 2.41. The maximum atomic E-state index is 12.5. The molecule has 2 fully saturated rings. The molecule has 1 amide bonds. The number of nitrogens with zero attached hydrogens (tertiary/aromatic N) is 4. The summed E-state index contributed by atoms with van der Waals surface area (Å²) in [6, 6.07) is 3.77. The molecule has 2 aliphatic rings. The van der Waals surface area contributed by atoms with Gasteiger partial charge in [0.1, 0.15) is 0 Å². The molecule has 1 spiro atoms. The minimum atomic E-state index is 0.192. The first-order valence-electron chi connectivity index (χ1n) is 8.09. The van der Waals surface area contributed by atoms with Crippen molar-refractivity contribution in [2.75, 3.05) is 31.1 Å². The van der Waals surface area contributed by atoms with Crippen molar-refractivity contribution >= 4 is 23.2 Å². The van der Waals surface area contributed by atoms with E-state index in [1.54, 1.807) is 23.7 Å². The molecule has 0 saturated carbocycles. The molecule has 2 aromatic rings. The number of likely N-dealkylation sites (tertiary alicyclic amines) is 1. The van der Waals surface area contributed by atoms with E-state index in [0.29, 0.717) is 0 Å². The van der Waals surface area contributed by atoms with Crippen LogP contribution in [0.3, 0.4) is 0 Å². The quantitative estimate of drug-likeness (QED) is 0.850. The predicted molar refractivity (Wildman–Crippen MR) is 90.8 cm³/mol. The summed E-state index contributed by atoms with van der Waals surface area (Å²) in [6.45, 7) is 3.73. The van der Waals surface area contributed by atoms with Crippen molar-refractivity contribution in [1.82, 2.24) is 14.9 Å². The van der Waals surface area contributed by atoms with Gasteiger partial charge >= 0.3 is 0 Å². The number of carbonyl (C=O) groups is 1. The van der Waals surface area contributed by atoms with Crippen LogP contribution in [0.5, 0.6) is 0 Å². The van der Waals surface area contributed by atoms with Gasteiger partial charge < -0.3 is 9.80 Å². The van der Waals surface area contributed by atoms with Crippen LogP contribution in [0.15, 0.2) is 35.3 Å². The highest BCUT2D eigenvalue weighted by Gasteiger charge is 2.42. The van der Waals surface area contributed by atoms with Crippen molar-refractivity contribution in [3.8, 4) is 0 Å². The van der Waals surface area contributed by atoms with Crippen LogP contribution in [0, 0.1) is 5.41 Å². The lowest BCUT2D eigenvalue weighted by Gasteiger charge is -2.39. The minimum Gasteiger partial charge on any atom is -0.341 e. The van der Waals surface area contributed by atoms with E-state index >= 15 is 0 Å². The van der Waals surface area contributed by atoms with E-state index in [9.17, 15) is 4.79 Å². The summed E-state index contributed by atoms with van der Waals surface area (Å²) in [6.07, 6.45) is 6.93.